The van der Waals surface area contributed by atoms with Gasteiger partial charge in [0.1, 0.15) is 12.0 Å². The van der Waals surface area contributed by atoms with Crippen molar-refractivity contribution in [2.75, 3.05) is 18.5 Å². The molecular formula is C11H15NO2. The topological polar surface area (TPSA) is 38.3 Å². The molecule has 14 heavy (non-hydrogen) atoms. The minimum Gasteiger partial charge on any atom is -0.494 e. The van der Waals surface area contributed by atoms with Crippen molar-refractivity contribution < 1.29 is 9.53 Å². The monoisotopic (exact) mass is 193 g/mol. The quantitative estimate of drug-likeness (QED) is 0.727. The normalized spacial score (nSPS) is 9.57. The summed E-state index contributed by atoms with van der Waals surface area (Å²) in [6.07, 6.45) is 0.839. The van der Waals surface area contributed by atoms with Gasteiger partial charge in [-0.15, -0.1) is 0 Å². The van der Waals surface area contributed by atoms with Crippen LogP contribution in [0.3, 0.4) is 0 Å². The van der Waals surface area contributed by atoms with Crippen molar-refractivity contribution in [2.45, 2.75) is 13.8 Å². The van der Waals surface area contributed by atoms with E-state index in [-0.39, 0.29) is 0 Å². The molecule has 3 nitrogen and oxygen atoms in total. The Labute approximate surface area is 84.1 Å². The van der Waals surface area contributed by atoms with E-state index >= 15 is 0 Å². The van der Waals surface area contributed by atoms with Crippen LogP contribution < -0.4 is 10.1 Å². The van der Waals surface area contributed by atoms with Crippen LogP contribution >= 0.6 is 0 Å². The second-order valence-electron chi connectivity index (χ2n) is 2.96. The van der Waals surface area contributed by atoms with E-state index in [2.05, 4.69) is 5.32 Å². The molecule has 0 aromatic heterocycles. The van der Waals surface area contributed by atoms with Crippen molar-refractivity contribution >= 4 is 12.0 Å². The van der Waals surface area contributed by atoms with Crippen LogP contribution in [-0.4, -0.2) is 19.4 Å². The molecule has 3 heteroatoms. The molecule has 1 rings (SSSR count). The van der Waals surface area contributed by atoms with Gasteiger partial charge in [-0.3, -0.25) is 0 Å². The molecule has 0 unspecified atom stereocenters. The van der Waals surface area contributed by atoms with Gasteiger partial charge in [-0.25, -0.2) is 0 Å². The van der Waals surface area contributed by atoms with E-state index < -0.39 is 0 Å². The standard InChI is InChI=1S/C11H15NO2/c1-3-14-11-5-4-10(8-9(11)2)12-6-7-13/h4-5,7-8,12H,3,6H2,1-2H3. The number of hydrogen-bond acceptors (Lipinski definition) is 3. The third-order valence-corrected chi connectivity index (χ3v) is 1.86. The zero-order chi connectivity index (χ0) is 10.4. The summed E-state index contributed by atoms with van der Waals surface area (Å²) in [5.41, 5.74) is 2.01. The summed E-state index contributed by atoms with van der Waals surface area (Å²) in [6, 6.07) is 5.78. The Morgan fingerprint density at radius 2 is 2.29 bits per heavy atom. The predicted octanol–water partition coefficient (Wildman–Crippen LogP) is 2.00. The second kappa shape index (κ2) is 5.27. The fraction of sp³-hybridized carbons (Fsp3) is 0.364. The van der Waals surface area contributed by atoms with Gasteiger partial charge in [-0.05, 0) is 37.6 Å². The molecule has 0 saturated carbocycles. The summed E-state index contributed by atoms with van der Waals surface area (Å²) in [5, 5.41) is 2.98. The molecule has 0 aliphatic carbocycles. The average molecular weight is 193 g/mol. The van der Waals surface area contributed by atoms with Crippen molar-refractivity contribution in [1.29, 1.82) is 0 Å². The number of anilines is 1. The summed E-state index contributed by atoms with van der Waals surface area (Å²) < 4.78 is 5.40. The van der Waals surface area contributed by atoms with Gasteiger partial charge in [0.25, 0.3) is 0 Å². The first-order valence-corrected chi connectivity index (χ1v) is 4.69. The number of carbonyl (C=O) groups is 1. The first kappa shape index (κ1) is 10.6. The van der Waals surface area contributed by atoms with Crippen LogP contribution in [0.5, 0.6) is 5.75 Å². The van der Waals surface area contributed by atoms with Crippen molar-refractivity contribution in [1.82, 2.24) is 0 Å². The molecule has 0 spiro atoms. The third-order valence-electron chi connectivity index (χ3n) is 1.86. The number of aryl methyl sites for hydroxylation is 1. The van der Waals surface area contributed by atoms with E-state index in [1.54, 1.807) is 0 Å². The van der Waals surface area contributed by atoms with Gasteiger partial charge >= 0.3 is 0 Å². The molecular weight excluding hydrogens is 178 g/mol. The lowest BCUT2D eigenvalue weighted by atomic mass is 10.2. The van der Waals surface area contributed by atoms with Gasteiger partial charge in [0.15, 0.2) is 0 Å². The maximum atomic E-state index is 10.1. The minimum atomic E-state index is 0.341. The molecule has 0 radical (unpaired) electrons. The third kappa shape index (κ3) is 2.76. The molecule has 0 aliphatic rings. The SMILES string of the molecule is CCOc1ccc(NCC=O)cc1C. The number of benzene rings is 1. The molecule has 76 valence electrons. The van der Waals surface area contributed by atoms with Gasteiger partial charge in [0, 0.05) is 5.69 Å². The average Bonchev–Trinajstić information content (AvgIpc) is 2.19. The van der Waals surface area contributed by atoms with Crippen LogP contribution in [-0.2, 0) is 4.79 Å². The van der Waals surface area contributed by atoms with Gasteiger partial charge in [-0.1, -0.05) is 0 Å². The number of nitrogens with one attached hydrogen (secondary N) is 1. The molecule has 0 aliphatic heterocycles. The molecule has 0 saturated heterocycles. The second-order valence-corrected chi connectivity index (χ2v) is 2.96. The Hall–Kier alpha value is -1.51. The van der Waals surface area contributed by atoms with Gasteiger partial charge in [0.2, 0.25) is 0 Å². The Bertz CT molecular complexity index is 310. The highest BCUT2D eigenvalue weighted by Crippen LogP contribution is 2.21. The zero-order valence-corrected chi connectivity index (χ0v) is 8.54. The largest absolute Gasteiger partial charge is 0.494 e. The summed E-state index contributed by atoms with van der Waals surface area (Å²) in [6.45, 7) is 4.95. The molecule has 1 aromatic carbocycles. The fourth-order valence-corrected chi connectivity index (χ4v) is 1.24. The number of carbonyl (C=O) groups excluding carboxylic acids is 1. The van der Waals surface area contributed by atoms with Crippen LogP contribution in [0.2, 0.25) is 0 Å². The summed E-state index contributed by atoms with van der Waals surface area (Å²) >= 11 is 0. The van der Waals surface area contributed by atoms with Crippen molar-refractivity contribution in [2.24, 2.45) is 0 Å². The van der Waals surface area contributed by atoms with Crippen LogP contribution in [0.1, 0.15) is 12.5 Å². The van der Waals surface area contributed by atoms with Gasteiger partial charge < -0.3 is 14.8 Å². The molecule has 1 N–H and O–H groups in total. The number of hydrogen-bond donors (Lipinski definition) is 1. The predicted molar refractivity (Wildman–Crippen MR) is 56.9 cm³/mol. The molecule has 1 aromatic rings. The van der Waals surface area contributed by atoms with Crippen molar-refractivity contribution in [3.05, 3.63) is 23.8 Å². The van der Waals surface area contributed by atoms with E-state index in [1.165, 1.54) is 0 Å². The van der Waals surface area contributed by atoms with Crippen LogP contribution in [0.4, 0.5) is 5.69 Å². The Kier molecular flexibility index (Phi) is 3.98. The summed E-state index contributed by atoms with van der Waals surface area (Å²) in [5.74, 6) is 0.893. The lowest BCUT2D eigenvalue weighted by Crippen LogP contribution is -2.02. The first-order chi connectivity index (χ1) is 6.77. The highest BCUT2D eigenvalue weighted by molar-refractivity contribution is 5.60. The molecule has 0 bridgehead atoms. The first-order valence-electron chi connectivity index (χ1n) is 4.69. The number of rotatable bonds is 5. The lowest BCUT2D eigenvalue weighted by Gasteiger charge is -2.09. The van der Waals surface area contributed by atoms with E-state index in [4.69, 9.17) is 4.74 Å². The lowest BCUT2D eigenvalue weighted by molar-refractivity contribution is -0.106. The van der Waals surface area contributed by atoms with E-state index in [0.29, 0.717) is 13.2 Å². The van der Waals surface area contributed by atoms with E-state index in [9.17, 15) is 4.79 Å². The summed E-state index contributed by atoms with van der Waals surface area (Å²) in [7, 11) is 0. The highest BCUT2D eigenvalue weighted by atomic mass is 16.5. The minimum absolute atomic E-state index is 0.341. The zero-order valence-electron chi connectivity index (χ0n) is 8.54. The number of aldehydes is 1. The van der Waals surface area contributed by atoms with Gasteiger partial charge in [0.05, 0.1) is 13.2 Å². The van der Waals surface area contributed by atoms with Crippen molar-refractivity contribution in [3.63, 3.8) is 0 Å². The van der Waals surface area contributed by atoms with Crippen LogP contribution in [0, 0.1) is 6.92 Å². The van der Waals surface area contributed by atoms with Crippen LogP contribution in [0.25, 0.3) is 0 Å². The Morgan fingerprint density at radius 1 is 1.50 bits per heavy atom. The smallest absolute Gasteiger partial charge is 0.139 e. The van der Waals surface area contributed by atoms with Crippen LogP contribution in [0.15, 0.2) is 18.2 Å². The number of ether oxygens (including phenoxy) is 1. The maximum absolute atomic E-state index is 10.1. The fourth-order valence-electron chi connectivity index (χ4n) is 1.24. The molecule has 0 amide bonds. The highest BCUT2D eigenvalue weighted by Gasteiger charge is 1.99. The van der Waals surface area contributed by atoms with Gasteiger partial charge in [-0.2, -0.15) is 0 Å². The molecule has 0 fully saturated rings. The van der Waals surface area contributed by atoms with E-state index in [0.717, 1.165) is 23.3 Å². The molecule has 0 atom stereocenters. The molecule has 0 heterocycles. The maximum Gasteiger partial charge on any atom is 0.139 e. The van der Waals surface area contributed by atoms with Crippen molar-refractivity contribution in [3.8, 4) is 5.75 Å². The Morgan fingerprint density at radius 3 is 2.86 bits per heavy atom. The Balaban J connectivity index is 2.72. The summed E-state index contributed by atoms with van der Waals surface area (Å²) in [4.78, 5) is 10.1. The van der Waals surface area contributed by atoms with E-state index in [1.807, 2.05) is 32.0 Å².